The van der Waals surface area contributed by atoms with Gasteiger partial charge >= 0.3 is 0 Å². The van der Waals surface area contributed by atoms with Crippen LogP contribution in [0.15, 0.2) is 0 Å². The molecule has 14 heavy (non-hydrogen) atoms. The van der Waals surface area contributed by atoms with Crippen LogP contribution in [-0.4, -0.2) is 30.7 Å². The first-order valence-electron chi connectivity index (χ1n) is 5.46. The normalized spacial score (nSPS) is 32.1. The van der Waals surface area contributed by atoms with Gasteiger partial charge in [0.2, 0.25) is 0 Å². The average Bonchev–Trinajstić information content (AvgIpc) is 2.50. The van der Waals surface area contributed by atoms with Crippen molar-refractivity contribution in [2.45, 2.75) is 51.7 Å². The van der Waals surface area contributed by atoms with Gasteiger partial charge in [-0.2, -0.15) is 0 Å². The topological polar surface area (TPSA) is 35.5 Å². The van der Waals surface area contributed by atoms with Crippen LogP contribution in [0.5, 0.6) is 0 Å². The maximum atomic E-state index is 12.0. The van der Waals surface area contributed by atoms with Crippen LogP contribution in [0.1, 0.15) is 40.0 Å². The molecule has 2 unspecified atom stereocenters. The van der Waals surface area contributed by atoms with Gasteiger partial charge in [0.1, 0.15) is 0 Å². The molecule has 1 heterocycles. The molecule has 0 aromatic carbocycles. The average molecular weight is 200 g/mol. The van der Waals surface area contributed by atoms with Crippen LogP contribution in [-0.2, 0) is 14.3 Å². The van der Waals surface area contributed by atoms with E-state index in [1.165, 1.54) is 0 Å². The Morgan fingerprint density at radius 1 is 1.57 bits per heavy atom. The molecule has 1 fully saturated rings. The summed E-state index contributed by atoms with van der Waals surface area (Å²) in [6.45, 7) is 7.07. The lowest BCUT2D eigenvalue weighted by Crippen LogP contribution is -2.47. The molecular formula is C11H20O3. The van der Waals surface area contributed by atoms with Crippen molar-refractivity contribution in [3.05, 3.63) is 0 Å². The Labute approximate surface area is 85.8 Å². The van der Waals surface area contributed by atoms with Gasteiger partial charge in [-0.3, -0.25) is 4.79 Å². The second-order valence-electron chi connectivity index (χ2n) is 3.76. The molecule has 0 aromatic heterocycles. The number of rotatable bonds is 5. The van der Waals surface area contributed by atoms with Crippen molar-refractivity contribution in [3.63, 3.8) is 0 Å². The molecule has 82 valence electrons. The molecule has 0 aromatic rings. The Morgan fingerprint density at radius 3 is 2.71 bits per heavy atom. The maximum absolute atomic E-state index is 12.0. The third-order valence-corrected chi connectivity index (χ3v) is 2.85. The van der Waals surface area contributed by atoms with Crippen molar-refractivity contribution in [3.8, 4) is 0 Å². The summed E-state index contributed by atoms with van der Waals surface area (Å²) < 4.78 is 11.1. The van der Waals surface area contributed by atoms with E-state index in [-0.39, 0.29) is 11.9 Å². The molecule has 1 aliphatic rings. The molecule has 0 amide bonds. The highest BCUT2D eigenvalue weighted by atomic mass is 16.6. The quantitative estimate of drug-likeness (QED) is 0.680. The molecule has 0 radical (unpaired) electrons. The Balaban J connectivity index is 2.75. The summed E-state index contributed by atoms with van der Waals surface area (Å²) in [6, 6.07) is 0. The lowest BCUT2D eigenvalue weighted by atomic mass is 9.88. The number of carbonyl (C=O) groups is 1. The molecule has 1 rings (SSSR count). The molecule has 0 aliphatic carbocycles. The monoisotopic (exact) mass is 200 g/mol. The van der Waals surface area contributed by atoms with Gasteiger partial charge in [0.05, 0.1) is 12.7 Å². The molecule has 1 aliphatic heterocycles. The van der Waals surface area contributed by atoms with E-state index in [0.29, 0.717) is 26.1 Å². The molecule has 2 atom stereocenters. The van der Waals surface area contributed by atoms with E-state index in [0.717, 1.165) is 6.42 Å². The van der Waals surface area contributed by atoms with Gasteiger partial charge in [-0.25, -0.2) is 0 Å². The van der Waals surface area contributed by atoms with Crippen molar-refractivity contribution < 1.29 is 14.3 Å². The summed E-state index contributed by atoms with van der Waals surface area (Å²) >= 11 is 0. The molecule has 0 bridgehead atoms. The zero-order chi connectivity index (χ0) is 10.6. The van der Waals surface area contributed by atoms with E-state index < -0.39 is 5.60 Å². The van der Waals surface area contributed by atoms with Gasteiger partial charge in [0.15, 0.2) is 11.4 Å². The highest BCUT2D eigenvalue weighted by Crippen LogP contribution is 2.32. The van der Waals surface area contributed by atoms with Crippen molar-refractivity contribution in [2.24, 2.45) is 0 Å². The molecule has 3 heteroatoms. The van der Waals surface area contributed by atoms with E-state index in [2.05, 4.69) is 0 Å². The zero-order valence-electron chi connectivity index (χ0n) is 9.34. The Kier molecular flexibility index (Phi) is 4.08. The fraction of sp³-hybridized carbons (Fsp3) is 0.909. The summed E-state index contributed by atoms with van der Waals surface area (Å²) in [5.74, 6) is 0.201. The summed E-state index contributed by atoms with van der Waals surface area (Å²) in [7, 11) is 0. The van der Waals surface area contributed by atoms with Gasteiger partial charge in [-0.05, 0) is 20.3 Å². The number of ether oxygens (including phenoxy) is 2. The van der Waals surface area contributed by atoms with Gasteiger partial charge < -0.3 is 9.47 Å². The van der Waals surface area contributed by atoms with E-state index >= 15 is 0 Å². The van der Waals surface area contributed by atoms with E-state index in [9.17, 15) is 4.79 Å². The van der Waals surface area contributed by atoms with Gasteiger partial charge in [0, 0.05) is 19.4 Å². The van der Waals surface area contributed by atoms with Gasteiger partial charge in [-0.1, -0.05) is 6.92 Å². The highest BCUT2D eigenvalue weighted by Gasteiger charge is 2.47. The molecule has 0 saturated carbocycles. The predicted octanol–water partition coefficient (Wildman–Crippen LogP) is 1.94. The lowest BCUT2D eigenvalue weighted by Gasteiger charge is -2.30. The summed E-state index contributed by atoms with van der Waals surface area (Å²) in [5, 5.41) is 0. The lowest BCUT2D eigenvalue weighted by molar-refractivity contribution is -0.151. The molecule has 0 spiro atoms. The van der Waals surface area contributed by atoms with Crippen LogP contribution in [0.2, 0.25) is 0 Å². The predicted molar refractivity (Wildman–Crippen MR) is 54.3 cm³/mol. The maximum Gasteiger partial charge on any atom is 0.167 e. The van der Waals surface area contributed by atoms with E-state index in [1.807, 2.05) is 20.8 Å². The molecule has 1 saturated heterocycles. The zero-order valence-corrected chi connectivity index (χ0v) is 9.34. The van der Waals surface area contributed by atoms with Gasteiger partial charge in [-0.15, -0.1) is 0 Å². The minimum Gasteiger partial charge on any atom is -0.375 e. The smallest absolute Gasteiger partial charge is 0.167 e. The van der Waals surface area contributed by atoms with Crippen LogP contribution < -0.4 is 0 Å². The third kappa shape index (κ3) is 1.98. The number of Topliss-reactive ketones (excluding diaryl/α,β-unsaturated/α-hetero) is 1. The third-order valence-electron chi connectivity index (χ3n) is 2.85. The number of ketones is 1. The Hall–Kier alpha value is -0.410. The summed E-state index contributed by atoms with van der Waals surface area (Å²) in [6.07, 6.45) is 2.08. The van der Waals surface area contributed by atoms with Crippen molar-refractivity contribution >= 4 is 5.78 Å². The molecule has 0 N–H and O–H groups in total. The first-order chi connectivity index (χ1) is 6.67. The standard InChI is InChI=1S/C11H20O3/c1-4-6-10(12)11(14-5-2)7-8-13-9(11)3/h9H,4-8H2,1-3H3. The van der Waals surface area contributed by atoms with Crippen molar-refractivity contribution in [2.75, 3.05) is 13.2 Å². The molecule has 3 nitrogen and oxygen atoms in total. The molecular weight excluding hydrogens is 180 g/mol. The Morgan fingerprint density at radius 2 is 2.29 bits per heavy atom. The fourth-order valence-electron chi connectivity index (χ4n) is 2.06. The fourth-order valence-corrected chi connectivity index (χ4v) is 2.06. The van der Waals surface area contributed by atoms with Crippen molar-refractivity contribution in [1.82, 2.24) is 0 Å². The highest BCUT2D eigenvalue weighted by molar-refractivity contribution is 5.88. The van der Waals surface area contributed by atoms with Crippen LogP contribution in [0.4, 0.5) is 0 Å². The number of hydrogen-bond donors (Lipinski definition) is 0. The largest absolute Gasteiger partial charge is 0.375 e. The minimum absolute atomic E-state index is 0.0958. The van der Waals surface area contributed by atoms with Crippen LogP contribution in [0.25, 0.3) is 0 Å². The van der Waals surface area contributed by atoms with Gasteiger partial charge in [0.25, 0.3) is 0 Å². The van der Waals surface area contributed by atoms with Crippen LogP contribution >= 0.6 is 0 Å². The second kappa shape index (κ2) is 4.89. The number of hydrogen-bond acceptors (Lipinski definition) is 3. The SMILES string of the molecule is CCCC(=O)C1(OCC)CCOC1C. The number of carbonyl (C=O) groups excluding carboxylic acids is 1. The van der Waals surface area contributed by atoms with E-state index in [1.54, 1.807) is 0 Å². The summed E-state index contributed by atoms with van der Waals surface area (Å²) in [4.78, 5) is 12.0. The Bertz CT molecular complexity index is 203. The minimum atomic E-state index is -0.648. The summed E-state index contributed by atoms with van der Waals surface area (Å²) in [5.41, 5.74) is -0.648. The van der Waals surface area contributed by atoms with Crippen LogP contribution in [0.3, 0.4) is 0 Å². The van der Waals surface area contributed by atoms with E-state index in [4.69, 9.17) is 9.47 Å². The first-order valence-corrected chi connectivity index (χ1v) is 5.46. The second-order valence-corrected chi connectivity index (χ2v) is 3.76. The first kappa shape index (κ1) is 11.7. The van der Waals surface area contributed by atoms with Crippen molar-refractivity contribution in [1.29, 1.82) is 0 Å². The van der Waals surface area contributed by atoms with Crippen LogP contribution in [0, 0.1) is 0 Å².